The number of thiol groups is 1. The fourth-order valence-electron chi connectivity index (χ4n) is 1.56. The molecule has 0 bridgehead atoms. The minimum absolute atomic E-state index is 0.257. The monoisotopic (exact) mass is 258 g/mol. The Morgan fingerprint density at radius 3 is 2.33 bits per heavy atom. The van der Waals surface area contributed by atoms with Crippen LogP contribution in [0, 0.1) is 6.92 Å². The topological polar surface area (TPSA) is 41.1 Å². The van der Waals surface area contributed by atoms with Crippen molar-refractivity contribution in [2.24, 2.45) is 0 Å². The van der Waals surface area contributed by atoms with E-state index in [-0.39, 0.29) is 6.03 Å². The molecule has 2 rings (SSSR count). The Bertz CT molecular complexity index is 552. The van der Waals surface area contributed by atoms with Gasteiger partial charge >= 0.3 is 6.03 Å². The average molecular weight is 258 g/mol. The van der Waals surface area contributed by atoms with Gasteiger partial charge in [0, 0.05) is 16.3 Å². The van der Waals surface area contributed by atoms with Crippen LogP contribution in [0.25, 0.3) is 0 Å². The van der Waals surface area contributed by atoms with Gasteiger partial charge in [0.1, 0.15) is 0 Å². The van der Waals surface area contributed by atoms with Gasteiger partial charge in [0.05, 0.1) is 0 Å². The van der Waals surface area contributed by atoms with Crippen LogP contribution < -0.4 is 10.6 Å². The van der Waals surface area contributed by atoms with Crippen LogP contribution in [-0.4, -0.2) is 6.03 Å². The third-order valence-corrected chi connectivity index (χ3v) is 2.70. The van der Waals surface area contributed by atoms with Gasteiger partial charge in [-0.1, -0.05) is 12.1 Å². The van der Waals surface area contributed by atoms with Crippen LogP contribution in [0.2, 0.25) is 0 Å². The lowest BCUT2D eigenvalue weighted by molar-refractivity contribution is 0.262. The van der Waals surface area contributed by atoms with Gasteiger partial charge in [-0.15, -0.1) is 12.6 Å². The van der Waals surface area contributed by atoms with Crippen molar-refractivity contribution in [2.45, 2.75) is 11.8 Å². The zero-order valence-electron chi connectivity index (χ0n) is 9.97. The molecule has 0 aliphatic heterocycles. The highest BCUT2D eigenvalue weighted by Gasteiger charge is 2.02. The average Bonchev–Trinajstić information content (AvgIpc) is 2.32. The Morgan fingerprint density at radius 2 is 1.67 bits per heavy atom. The first-order chi connectivity index (χ1) is 8.63. The molecule has 0 aliphatic carbocycles. The summed E-state index contributed by atoms with van der Waals surface area (Å²) in [4.78, 5) is 12.6. The van der Waals surface area contributed by atoms with Crippen molar-refractivity contribution >= 4 is 30.0 Å². The first kappa shape index (κ1) is 12.5. The fraction of sp³-hybridized carbons (Fsp3) is 0.0714. The molecule has 92 valence electrons. The van der Waals surface area contributed by atoms with E-state index in [4.69, 9.17) is 0 Å². The number of carbonyl (C=O) groups excluding carboxylic acids is 1. The van der Waals surface area contributed by atoms with Crippen molar-refractivity contribution < 1.29 is 4.79 Å². The van der Waals surface area contributed by atoms with Crippen molar-refractivity contribution in [3.05, 3.63) is 54.1 Å². The van der Waals surface area contributed by atoms with Crippen LogP contribution in [0.3, 0.4) is 0 Å². The van der Waals surface area contributed by atoms with Crippen LogP contribution in [0.15, 0.2) is 53.4 Å². The summed E-state index contributed by atoms with van der Waals surface area (Å²) in [5.41, 5.74) is 2.61. The smallest absolute Gasteiger partial charge is 0.308 e. The molecule has 0 spiro atoms. The van der Waals surface area contributed by atoms with Gasteiger partial charge in [-0.2, -0.15) is 0 Å². The number of hydrogen-bond donors (Lipinski definition) is 3. The van der Waals surface area contributed by atoms with Gasteiger partial charge in [0.15, 0.2) is 0 Å². The van der Waals surface area contributed by atoms with Gasteiger partial charge in [0.25, 0.3) is 0 Å². The normalized spacial score (nSPS) is 9.89. The molecule has 0 saturated heterocycles. The Balaban J connectivity index is 1.98. The second kappa shape index (κ2) is 5.60. The predicted octanol–water partition coefficient (Wildman–Crippen LogP) is 3.93. The third-order valence-electron chi connectivity index (χ3n) is 2.40. The maximum atomic E-state index is 11.7. The molecule has 0 aromatic heterocycles. The minimum Gasteiger partial charge on any atom is -0.308 e. The number of hydrogen-bond acceptors (Lipinski definition) is 2. The lowest BCUT2D eigenvalue weighted by Crippen LogP contribution is -2.19. The number of amides is 2. The van der Waals surface area contributed by atoms with E-state index in [0.29, 0.717) is 0 Å². The summed E-state index contributed by atoms with van der Waals surface area (Å²) in [7, 11) is 0. The molecular formula is C14H14N2OS. The summed E-state index contributed by atoms with van der Waals surface area (Å²) in [6.45, 7) is 1.98. The highest BCUT2D eigenvalue weighted by molar-refractivity contribution is 7.80. The minimum atomic E-state index is -0.257. The number of benzene rings is 2. The van der Waals surface area contributed by atoms with E-state index in [1.54, 1.807) is 12.1 Å². The summed E-state index contributed by atoms with van der Waals surface area (Å²) >= 11 is 4.19. The second-order valence-electron chi connectivity index (χ2n) is 4.00. The molecule has 0 saturated carbocycles. The quantitative estimate of drug-likeness (QED) is 0.702. The maximum absolute atomic E-state index is 11.7. The van der Waals surface area contributed by atoms with E-state index < -0.39 is 0 Å². The number of aryl methyl sites for hydroxylation is 1. The standard InChI is InChI=1S/C14H14N2OS/c1-10-3-2-4-12(9-10)16-14(17)15-11-5-7-13(18)8-6-11/h2-9,18H,1H3,(H2,15,16,17). The molecule has 2 N–H and O–H groups in total. The summed E-state index contributed by atoms with van der Waals surface area (Å²) in [6, 6.07) is 14.6. The lowest BCUT2D eigenvalue weighted by Gasteiger charge is -2.08. The number of nitrogens with one attached hydrogen (secondary N) is 2. The van der Waals surface area contributed by atoms with Crippen LogP contribution >= 0.6 is 12.6 Å². The van der Waals surface area contributed by atoms with Crippen LogP contribution in [0.4, 0.5) is 16.2 Å². The molecule has 4 heteroatoms. The second-order valence-corrected chi connectivity index (χ2v) is 4.51. The van der Waals surface area contributed by atoms with Gasteiger partial charge in [-0.05, 0) is 48.9 Å². The van der Waals surface area contributed by atoms with Crippen LogP contribution in [0.1, 0.15) is 5.56 Å². The first-order valence-electron chi connectivity index (χ1n) is 5.57. The van der Waals surface area contributed by atoms with Crippen molar-refractivity contribution in [1.82, 2.24) is 0 Å². The van der Waals surface area contributed by atoms with Gasteiger partial charge < -0.3 is 10.6 Å². The fourth-order valence-corrected chi connectivity index (χ4v) is 1.71. The molecule has 2 aromatic carbocycles. The number of anilines is 2. The summed E-state index contributed by atoms with van der Waals surface area (Å²) in [5, 5.41) is 5.53. The van der Waals surface area contributed by atoms with Gasteiger partial charge in [0.2, 0.25) is 0 Å². The Labute approximate surface area is 112 Å². The molecule has 18 heavy (non-hydrogen) atoms. The third kappa shape index (κ3) is 3.53. The summed E-state index contributed by atoms with van der Waals surface area (Å²) in [6.07, 6.45) is 0. The van der Waals surface area contributed by atoms with E-state index in [2.05, 4.69) is 23.3 Å². The van der Waals surface area contributed by atoms with Crippen molar-refractivity contribution in [3.63, 3.8) is 0 Å². The molecule has 0 unspecified atom stereocenters. The Hall–Kier alpha value is -1.94. The zero-order chi connectivity index (χ0) is 13.0. The van der Waals surface area contributed by atoms with Gasteiger partial charge in [-0.3, -0.25) is 0 Å². The van der Waals surface area contributed by atoms with E-state index in [1.807, 2.05) is 43.3 Å². The van der Waals surface area contributed by atoms with E-state index in [1.165, 1.54) is 0 Å². The van der Waals surface area contributed by atoms with Crippen LogP contribution in [-0.2, 0) is 0 Å². The SMILES string of the molecule is Cc1cccc(NC(=O)Nc2ccc(S)cc2)c1. The number of urea groups is 1. The molecule has 2 amide bonds. The van der Waals surface area contributed by atoms with Gasteiger partial charge in [-0.25, -0.2) is 4.79 Å². The molecule has 0 aliphatic rings. The highest BCUT2D eigenvalue weighted by atomic mass is 32.1. The summed E-state index contributed by atoms with van der Waals surface area (Å²) in [5.74, 6) is 0. The molecule has 0 radical (unpaired) electrons. The number of rotatable bonds is 2. The number of carbonyl (C=O) groups is 1. The molecule has 0 fully saturated rings. The Morgan fingerprint density at radius 1 is 1.00 bits per heavy atom. The van der Waals surface area contributed by atoms with E-state index >= 15 is 0 Å². The van der Waals surface area contributed by atoms with Crippen LogP contribution in [0.5, 0.6) is 0 Å². The molecule has 2 aromatic rings. The van der Waals surface area contributed by atoms with Crippen molar-refractivity contribution in [2.75, 3.05) is 10.6 Å². The largest absolute Gasteiger partial charge is 0.323 e. The molecular weight excluding hydrogens is 244 g/mol. The molecule has 0 heterocycles. The van der Waals surface area contributed by atoms with Crippen molar-refractivity contribution in [1.29, 1.82) is 0 Å². The highest BCUT2D eigenvalue weighted by Crippen LogP contribution is 2.13. The first-order valence-corrected chi connectivity index (χ1v) is 6.02. The molecule has 0 atom stereocenters. The van der Waals surface area contributed by atoms with E-state index in [0.717, 1.165) is 21.8 Å². The Kier molecular flexibility index (Phi) is 3.89. The lowest BCUT2D eigenvalue weighted by atomic mass is 10.2. The zero-order valence-corrected chi connectivity index (χ0v) is 10.9. The summed E-state index contributed by atoms with van der Waals surface area (Å²) < 4.78 is 0. The predicted molar refractivity (Wildman–Crippen MR) is 77.5 cm³/mol. The van der Waals surface area contributed by atoms with E-state index in [9.17, 15) is 4.79 Å². The molecule has 3 nitrogen and oxygen atoms in total. The maximum Gasteiger partial charge on any atom is 0.323 e. The van der Waals surface area contributed by atoms with Crippen molar-refractivity contribution in [3.8, 4) is 0 Å².